The van der Waals surface area contributed by atoms with Crippen LogP contribution in [-0.2, 0) is 14.3 Å². The maximum absolute atomic E-state index is 11.2. The molecule has 0 radical (unpaired) electrons. The van der Waals surface area contributed by atoms with E-state index in [1.807, 2.05) is 18.5 Å². The van der Waals surface area contributed by atoms with E-state index in [4.69, 9.17) is 24.5 Å². The lowest BCUT2D eigenvalue weighted by atomic mass is 10.0. The molecular weight excluding hydrogens is 468 g/mol. The fourth-order valence-electron chi connectivity index (χ4n) is 4.75. The lowest BCUT2D eigenvalue weighted by Gasteiger charge is -2.22. The van der Waals surface area contributed by atoms with E-state index >= 15 is 0 Å². The summed E-state index contributed by atoms with van der Waals surface area (Å²) in [5.41, 5.74) is 1.30. The molecule has 2 aromatic heterocycles. The van der Waals surface area contributed by atoms with Crippen molar-refractivity contribution < 1.29 is 19.4 Å². The Morgan fingerprint density at radius 2 is 1.97 bits per heavy atom. The molecule has 1 aliphatic carbocycles. The Bertz CT molecular complexity index is 1060. The number of unbranched alkanes of at least 4 members (excludes halogenated alkanes) is 3. The van der Waals surface area contributed by atoms with Crippen molar-refractivity contribution >= 4 is 34.7 Å². The number of hydrogen-bond donors (Lipinski definition) is 2. The number of aliphatic carboxylic acids is 1. The van der Waals surface area contributed by atoms with Crippen molar-refractivity contribution in [1.29, 1.82) is 0 Å². The molecule has 2 N–H and O–H groups in total. The van der Waals surface area contributed by atoms with Crippen molar-refractivity contribution in [3.05, 3.63) is 12.2 Å². The SMILES string of the molecule is CCCCCSc1nc(NCCCC)c2nnn(C3CC(C=CC(=O)O)C4OC(C)(C)OC43)c2n1. The van der Waals surface area contributed by atoms with E-state index in [0.717, 1.165) is 31.6 Å². The van der Waals surface area contributed by atoms with Crippen LogP contribution in [0.3, 0.4) is 0 Å². The van der Waals surface area contributed by atoms with Gasteiger partial charge in [-0.15, -0.1) is 5.10 Å². The van der Waals surface area contributed by atoms with Gasteiger partial charge in [0.25, 0.3) is 0 Å². The molecule has 1 saturated heterocycles. The Balaban J connectivity index is 1.68. The molecule has 4 rings (SSSR count). The fourth-order valence-corrected chi connectivity index (χ4v) is 5.58. The number of fused-ring (bicyclic) bond motifs is 2. The Hall–Kier alpha value is -2.24. The van der Waals surface area contributed by atoms with Gasteiger partial charge in [-0.2, -0.15) is 0 Å². The number of thioether (sulfide) groups is 1. The van der Waals surface area contributed by atoms with Crippen molar-refractivity contribution in [3.63, 3.8) is 0 Å². The standard InChI is InChI=1S/C24H36N6O4S/c1-5-7-9-13-35-23-26-21(25-12-8-6-2)18-22(27-23)30(29-28-18)16-14-15(10-11-17(31)32)19-20(16)34-24(3,4)33-19/h10-11,15-16,19-20H,5-9,12-14H2,1-4H3,(H,31,32)(H,25,26,27). The molecular formula is C24H36N6O4S. The van der Waals surface area contributed by atoms with Crippen molar-refractivity contribution in [3.8, 4) is 0 Å². The molecule has 0 spiro atoms. The molecule has 1 saturated carbocycles. The summed E-state index contributed by atoms with van der Waals surface area (Å²) in [6, 6.07) is -0.188. The molecule has 4 atom stereocenters. The van der Waals surface area contributed by atoms with E-state index in [2.05, 4.69) is 29.5 Å². The van der Waals surface area contributed by atoms with E-state index in [0.29, 0.717) is 28.6 Å². The summed E-state index contributed by atoms with van der Waals surface area (Å²) in [6.07, 6.45) is 8.52. The summed E-state index contributed by atoms with van der Waals surface area (Å²) in [5, 5.41) is 22.2. The highest BCUT2D eigenvalue weighted by atomic mass is 32.2. The number of nitrogens with one attached hydrogen (secondary N) is 1. The fraction of sp³-hybridized carbons (Fsp3) is 0.708. The van der Waals surface area contributed by atoms with Gasteiger partial charge in [0.2, 0.25) is 0 Å². The lowest BCUT2D eigenvalue weighted by molar-refractivity contribution is -0.158. The van der Waals surface area contributed by atoms with Gasteiger partial charge >= 0.3 is 5.97 Å². The summed E-state index contributed by atoms with van der Waals surface area (Å²) in [6.45, 7) is 8.90. The first kappa shape index (κ1) is 25.8. The number of rotatable bonds is 12. The highest BCUT2D eigenvalue weighted by Crippen LogP contribution is 2.47. The monoisotopic (exact) mass is 504 g/mol. The number of carboxylic acids is 1. The van der Waals surface area contributed by atoms with Gasteiger partial charge in [0.1, 0.15) is 6.10 Å². The Morgan fingerprint density at radius 1 is 1.20 bits per heavy atom. The first-order valence-electron chi connectivity index (χ1n) is 12.6. The van der Waals surface area contributed by atoms with Crippen molar-refractivity contribution in [2.75, 3.05) is 17.6 Å². The average molecular weight is 505 g/mol. The quantitative estimate of drug-likeness (QED) is 0.185. The molecule has 1 aliphatic heterocycles. The third-order valence-electron chi connectivity index (χ3n) is 6.38. The lowest BCUT2D eigenvalue weighted by Crippen LogP contribution is -2.28. The van der Waals surface area contributed by atoms with Gasteiger partial charge in [-0.25, -0.2) is 19.4 Å². The van der Waals surface area contributed by atoms with Crippen molar-refractivity contribution in [2.45, 2.75) is 95.4 Å². The third-order valence-corrected chi connectivity index (χ3v) is 7.32. The molecule has 4 unspecified atom stereocenters. The molecule has 35 heavy (non-hydrogen) atoms. The predicted molar refractivity (Wildman–Crippen MR) is 135 cm³/mol. The third kappa shape index (κ3) is 5.95. The number of nitrogens with zero attached hydrogens (tertiary/aromatic N) is 5. The van der Waals surface area contributed by atoms with E-state index in [1.54, 1.807) is 17.8 Å². The van der Waals surface area contributed by atoms with Gasteiger partial charge < -0.3 is 19.9 Å². The highest BCUT2D eigenvalue weighted by Gasteiger charge is 2.54. The van der Waals surface area contributed by atoms with Gasteiger partial charge in [0.05, 0.1) is 12.1 Å². The molecule has 192 valence electrons. The number of carbonyl (C=O) groups is 1. The minimum Gasteiger partial charge on any atom is -0.478 e. The second kappa shape index (κ2) is 11.2. The van der Waals surface area contributed by atoms with Crippen LogP contribution in [0.25, 0.3) is 11.2 Å². The number of hydrogen-bond acceptors (Lipinski definition) is 9. The second-order valence-electron chi connectivity index (χ2n) is 9.63. The van der Waals surface area contributed by atoms with Crippen LogP contribution in [0.4, 0.5) is 5.82 Å². The normalized spacial score (nSPS) is 25.5. The smallest absolute Gasteiger partial charge is 0.327 e. The van der Waals surface area contributed by atoms with Gasteiger partial charge in [-0.1, -0.05) is 56.2 Å². The zero-order chi connectivity index (χ0) is 25.0. The summed E-state index contributed by atoms with van der Waals surface area (Å²) < 4.78 is 14.3. The summed E-state index contributed by atoms with van der Waals surface area (Å²) in [5.74, 6) is -0.199. The zero-order valence-corrected chi connectivity index (χ0v) is 21.8. The summed E-state index contributed by atoms with van der Waals surface area (Å²) in [4.78, 5) is 20.8. The predicted octanol–water partition coefficient (Wildman–Crippen LogP) is 4.44. The maximum Gasteiger partial charge on any atom is 0.327 e. The zero-order valence-electron chi connectivity index (χ0n) is 20.9. The molecule has 11 heteroatoms. The first-order valence-corrected chi connectivity index (χ1v) is 13.6. The Labute approximate surface area is 210 Å². The Kier molecular flexibility index (Phi) is 8.28. The van der Waals surface area contributed by atoms with Crippen LogP contribution in [0.15, 0.2) is 17.3 Å². The highest BCUT2D eigenvalue weighted by molar-refractivity contribution is 7.99. The summed E-state index contributed by atoms with van der Waals surface area (Å²) >= 11 is 1.65. The molecule has 0 bridgehead atoms. The van der Waals surface area contributed by atoms with E-state index in [1.165, 1.54) is 18.9 Å². The largest absolute Gasteiger partial charge is 0.478 e. The Morgan fingerprint density at radius 3 is 2.71 bits per heavy atom. The van der Waals surface area contributed by atoms with Crippen LogP contribution < -0.4 is 5.32 Å². The number of aromatic nitrogens is 5. The second-order valence-corrected chi connectivity index (χ2v) is 10.7. The molecule has 2 fully saturated rings. The van der Waals surface area contributed by atoms with Crippen LogP contribution in [0.5, 0.6) is 0 Å². The molecule has 0 aromatic carbocycles. The summed E-state index contributed by atoms with van der Waals surface area (Å²) in [7, 11) is 0. The van der Waals surface area contributed by atoms with Crippen LogP contribution in [0, 0.1) is 5.92 Å². The van der Waals surface area contributed by atoms with E-state index in [-0.39, 0.29) is 24.2 Å². The molecule has 3 heterocycles. The molecule has 2 aromatic rings. The first-order chi connectivity index (χ1) is 16.8. The maximum atomic E-state index is 11.2. The van der Waals surface area contributed by atoms with E-state index in [9.17, 15) is 4.79 Å². The van der Waals surface area contributed by atoms with Gasteiger partial charge in [-0.05, 0) is 33.1 Å². The van der Waals surface area contributed by atoms with Gasteiger partial charge in [-0.3, -0.25) is 0 Å². The van der Waals surface area contributed by atoms with E-state index < -0.39 is 11.8 Å². The van der Waals surface area contributed by atoms with Crippen LogP contribution in [0.2, 0.25) is 0 Å². The van der Waals surface area contributed by atoms with Crippen LogP contribution in [-0.4, -0.2) is 66.3 Å². The molecule has 2 aliphatic rings. The number of anilines is 1. The number of ether oxygens (including phenoxy) is 2. The molecule has 0 amide bonds. The number of carboxylic acid groups (broad SMARTS) is 1. The molecule has 10 nitrogen and oxygen atoms in total. The van der Waals surface area contributed by atoms with Gasteiger partial charge in [0.15, 0.2) is 27.9 Å². The van der Waals surface area contributed by atoms with Crippen molar-refractivity contribution in [1.82, 2.24) is 25.0 Å². The minimum absolute atomic E-state index is 0.117. The van der Waals surface area contributed by atoms with Crippen LogP contribution in [0.1, 0.15) is 72.3 Å². The topological polar surface area (TPSA) is 124 Å². The van der Waals surface area contributed by atoms with Crippen molar-refractivity contribution in [2.24, 2.45) is 5.92 Å². The van der Waals surface area contributed by atoms with Crippen LogP contribution >= 0.6 is 11.8 Å². The van der Waals surface area contributed by atoms with Gasteiger partial charge in [0, 0.05) is 24.3 Å². The average Bonchev–Trinajstić information content (AvgIpc) is 3.46. The minimum atomic E-state index is -0.977.